The van der Waals surface area contributed by atoms with E-state index in [-0.39, 0.29) is 6.61 Å². The summed E-state index contributed by atoms with van der Waals surface area (Å²) in [6.07, 6.45) is 0. The standard InChI is InChI=1S/C22H20Cl2FNO2/c1-27-21-10-16(13-26-12-15-5-3-2-4-6-15)9-20(24)22(21)28-14-17-7-8-18(25)11-19(17)23/h2-11,26H,12-14H2,1H3. The molecule has 0 aliphatic carbocycles. The van der Waals surface area contributed by atoms with Crippen LogP contribution >= 0.6 is 23.2 Å². The molecule has 6 heteroatoms. The van der Waals surface area contributed by atoms with E-state index in [2.05, 4.69) is 17.4 Å². The SMILES string of the molecule is COc1cc(CNCc2ccccc2)cc(Cl)c1OCc1ccc(F)cc1Cl. The highest BCUT2D eigenvalue weighted by atomic mass is 35.5. The van der Waals surface area contributed by atoms with Gasteiger partial charge in [0.25, 0.3) is 0 Å². The first-order valence-electron chi connectivity index (χ1n) is 8.74. The van der Waals surface area contributed by atoms with Crippen molar-refractivity contribution < 1.29 is 13.9 Å². The van der Waals surface area contributed by atoms with Gasteiger partial charge in [0.2, 0.25) is 0 Å². The number of rotatable bonds is 8. The van der Waals surface area contributed by atoms with Gasteiger partial charge < -0.3 is 14.8 Å². The van der Waals surface area contributed by atoms with E-state index in [4.69, 9.17) is 32.7 Å². The highest BCUT2D eigenvalue weighted by Crippen LogP contribution is 2.37. The fourth-order valence-electron chi connectivity index (χ4n) is 2.75. The Morgan fingerprint density at radius 3 is 2.36 bits per heavy atom. The van der Waals surface area contributed by atoms with E-state index in [0.29, 0.717) is 33.7 Å². The van der Waals surface area contributed by atoms with Crippen LogP contribution in [0.2, 0.25) is 10.0 Å². The number of benzene rings is 3. The summed E-state index contributed by atoms with van der Waals surface area (Å²) >= 11 is 12.5. The van der Waals surface area contributed by atoms with Gasteiger partial charge in [-0.25, -0.2) is 4.39 Å². The summed E-state index contributed by atoms with van der Waals surface area (Å²) in [6, 6.07) is 18.0. The summed E-state index contributed by atoms with van der Waals surface area (Å²) in [5.41, 5.74) is 2.84. The third kappa shape index (κ3) is 5.38. The summed E-state index contributed by atoms with van der Waals surface area (Å²) < 4.78 is 24.4. The van der Waals surface area contributed by atoms with Gasteiger partial charge in [-0.1, -0.05) is 59.6 Å². The molecule has 0 bridgehead atoms. The first kappa shape index (κ1) is 20.5. The Morgan fingerprint density at radius 1 is 0.893 bits per heavy atom. The van der Waals surface area contributed by atoms with Crippen LogP contribution in [0.15, 0.2) is 60.7 Å². The lowest BCUT2D eigenvalue weighted by atomic mass is 10.1. The molecule has 0 aliphatic heterocycles. The lowest BCUT2D eigenvalue weighted by molar-refractivity contribution is 0.284. The quantitative estimate of drug-likeness (QED) is 0.484. The molecule has 3 aromatic carbocycles. The number of nitrogens with one attached hydrogen (secondary N) is 1. The van der Waals surface area contributed by atoms with E-state index in [0.717, 1.165) is 12.1 Å². The molecule has 0 saturated carbocycles. The van der Waals surface area contributed by atoms with Crippen molar-refractivity contribution in [1.82, 2.24) is 5.32 Å². The van der Waals surface area contributed by atoms with Crippen molar-refractivity contribution in [3.8, 4) is 11.5 Å². The van der Waals surface area contributed by atoms with Crippen LogP contribution in [-0.2, 0) is 19.7 Å². The van der Waals surface area contributed by atoms with Gasteiger partial charge >= 0.3 is 0 Å². The van der Waals surface area contributed by atoms with Crippen molar-refractivity contribution in [3.05, 3.63) is 93.2 Å². The molecular weight excluding hydrogens is 400 g/mol. The third-order valence-electron chi connectivity index (χ3n) is 4.18. The van der Waals surface area contributed by atoms with Gasteiger partial charge in [0.1, 0.15) is 12.4 Å². The fraction of sp³-hybridized carbons (Fsp3) is 0.182. The van der Waals surface area contributed by atoms with Crippen molar-refractivity contribution in [2.75, 3.05) is 7.11 Å². The Hall–Kier alpha value is -2.27. The van der Waals surface area contributed by atoms with Gasteiger partial charge in [0.15, 0.2) is 11.5 Å². The molecule has 1 N–H and O–H groups in total. The van der Waals surface area contributed by atoms with Crippen LogP contribution in [0.5, 0.6) is 11.5 Å². The predicted octanol–water partition coefficient (Wildman–Crippen LogP) is 6.01. The van der Waals surface area contributed by atoms with Gasteiger partial charge in [-0.3, -0.25) is 0 Å². The second kappa shape index (κ2) is 9.78. The molecule has 146 valence electrons. The van der Waals surface area contributed by atoms with Crippen molar-refractivity contribution in [2.45, 2.75) is 19.7 Å². The van der Waals surface area contributed by atoms with Gasteiger partial charge in [0, 0.05) is 18.7 Å². The van der Waals surface area contributed by atoms with E-state index in [1.54, 1.807) is 13.2 Å². The van der Waals surface area contributed by atoms with E-state index in [1.165, 1.54) is 17.7 Å². The minimum Gasteiger partial charge on any atom is -0.493 e. The Kier molecular flexibility index (Phi) is 7.15. The van der Waals surface area contributed by atoms with Crippen molar-refractivity contribution in [3.63, 3.8) is 0 Å². The minimum absolute atomic E-state index is 0.154. The molecule has 0 radical (unpaired) electrons. The molecule has 0 aliphatic rings. The first-order valence-corrected chi connectivity index (χ1v) is 9.50. The molecule has 0 amide bonds. The molecule has 0 unspecified atom stereocenters. The first-order chi connectivity index (χ1) is 13.6. The maximum atomic E-state index is 13.2. The van der Waals surface area contributed by atoms with E-state index >= 15 is 0 Å². The van der Waals surface area contributed by atoms with Crippen LogP contribution in [0.4, 0.5) is 4.39 Å². The largest absolute Gasteiger partial charge is 0.493 e. The molecule has 0 fully saturated rings. The predicted molar refractivity (Wildman–Crippen MR) is 111 cm³/mol. The maximum Gasteiger partial charge on any atom is 0.180 e. The molecular formula is C22H20Cl2FNO2. The van der Waals surface area contributed by atoms with E-state index < -0.39 is 5.82 Å². The zero-order valence-electron chi connectivity index (χ0n) is 15.3. The van der Waals surface area contributed by atoms with Crippen LogP contribution in [0.1, 0.15) is 16.7 Å². The average Bonchev–Trinajstić information content (AvgIpc) is 2.69. The zero-order chi connectivity index (χ0) is 19.9. The molecule has 0 heterocycles. The Bertz CT molecular complexity index is 935. The Morgan fingerprint density at radius 2 is 1.64 bits per heavy atom. The van der Waals surface area contributed by atoms with E-state index in [9.17, 15) is 4.39 Å². The van der Waals surface area contributed by atoms with Crippen LogP contribution in [-0.4, -0.2) is 7.11 Å². The van der Waals surface area contributed by atoms with Crippen LogP contribution < -0.4 is 14.8 Å². The summed E-state index contributed by atoms with van der Waals surface area (Å²) in [7, 11) is 1.56. The van der Waals surface area contributed by atoms with E-state index in [1.807, 2.05) is 30.3 Å². The highest BCUT2D eigenvalue weighted by Gasteiger charge is 2.13. The van der Waals surface area contributed by atoms with Crippen molar-refractivity contribution in [2.24, 2.45) is 0 Å². The lowest BCUT2D eigenvalue weighted by Crippen LogP contribution is -2.12. The third-order valence-corrected chi connectivity index (χ3v) is 4.81. The Balaban J connectivity index is 1.67. The number of methoxy groups -OCH3 is 1. The minimum atomic E-state index is -0.392. The summed E-state index contributed by atoms with van der Waals surface area (Å²) in [6.45, 7) is 1.54. The van der Waals surface area contributed by atoms with Gasteiger partial charge in [-0.05, 0) is 35.4 Å². The maximum absolute atomic E-state index is 13.2. The molecule has 0 spiro atoms. The Labute approximate surface area is 174 Å². The number of hydrogen-bond donors (Lipinski definition) is 1. The van der Waals surface area contributed by atoms with Crippen molar-refractivity contribution >= 4 is 23.2 Å². The molecule has 3 nitrogen and oxygen atoms in total. The summed E-state index contributed by atoms with van der Waals surface area (Å²) in [4.78, 5) is 0. The van der Waals surface area contributed by atoms with Gasteiger partial charge in [-0.15, -0.1) is 0 Å². The fourth-order valence-corrected chi connectivity index (χ4v) is 3.26. The smallest absolute Gasteiger partial charge is 0.180 e. The van der Waals surface area contributed by atoms with Crippen LogP contribution in [0.3, 0.4) is 0 Å². The molecule has 0 atom stereocenters. The second-order valence-electron chi connectivity index (χ2n) is 6.22. The summed E-state index contributed by atoms with van der Waals surface area (Å²) in [5, 5.41) is 4.12. The number of ether oxygens (including phenoxy) is 2. The lowest BCUT2D eigenvalue weighted by Gasteiger charge is -2.15. The van der Waals surface area contributed by atoms with Crippen LogP contribution in [0, 0.1) is 5.82 Å². The molecule has 3 aromatic rings. The topological polar surface area (TPSA) is 30.5 Å². The average molecular weight is 420 g/mol. The second-order valence-corrected chi connectivity index (χ2v) is 7.04. The molecule has 3 rings (SSSR count). The zero-order valence-corrected chi connectivity index (χ0v) is 16.9. The van der Waals surface area contributed by atoms with Crippen LogP contribution in [0.25, 0.3) is 0 Å². The number of hydrogen-bond acceptors (Lipinski definition) is 3. The number of halogens is 3. The molecule has 0 saturated heterocycles. The molecule has 28 heavy (non-hydrogen) atoms. The normalized spacial score (nSPS) is 10.7. The monoisotopic (exact) mass is 419 g/mol. The van der Waals surface area contributed by atoms with Gasteiger partial charge in [0.05, 0.1) is 17.2 Å². The van der Waals surface area contributed by atoms with Crippen molar-refractivity contribution in [1.29, 1.82) is 0 Å². The van der Waals surface area contributed by atoms with Gasteiger partial charge in [-0.2, -0.15) is 0 Å². The highest BCUT2D eigenvalue weighted by molar-refractivity contribution is 6.32. The summed E-state index contributed by atoms with van der Waals surface area (Å²) in [5.74, 6) is 0.565. The molecule has 0 aromatic heterocycles.